The molecule has 2 aliphatic rings. The van der Waals surface area contributed by atoms with E-state index in [-0.39, 0.29) is 5.41 Å². The van der Waals surface area contributed by atoms with E-state index in [1.165, 1.54) is 0 Å². The summed E-state index contributed by atoms with van der Waals surface area (Å²) >= 11 is 0. The summed E-state index contributed by atoms with van der Waals surface area (Å²) in [5, 5.41) is 0. The number of aromatic nitrogens is 2. The molecule has 0 N–H and O–H groups in total. The van der Waals surface area contributed by atoms with Crippen LogP contribution in [0.4, 0.5) is 0 Å². The molecule has 2 saturated heterocycles. The maximum Gasteiger partial charge on any atom is 0.0888 e. The minimum Gasteiger partial charge on any atom is -0.380 e. The fraction of sp³-hybridized carbons (Fsp3) is 0.500. The van der Waals surface area contributed by atoms with E-state index < -0.39 is 0 Å². The molecule has 4 heterocycles. The topological polar surface area (TPSA) is 47.5 Å². The van der Waals surface area contributed by atoms with Crippen LogP contribution in [0.15, 0.2) is 42.6 Å². The number of fused-ring (bicyclic) bond motifs is 1. The zero-order chi connectivity index (χ0) is 17.1. The second-order valence-corrected chi connectivity index (χ2v) is 7.33. The van der Waals surface area contributed by atoms with Crippen LogP contribution in [0.25, 0.3) is 0 Å². The fourth-order valence-electron chi connectivity index (χ4n) is 4.03. The first kappa shape index (κ1) is 16.6. The first-order chi connectivity index (χ1) is 12.2. The molecule has 0 amide bonds. The summed E-state index contributed by atoms with van der Waals surface area (Å²) in [6.07, 6.45) is 1.81. The minimum absolute atomic E-state index is 0.110. The predicted octanol–water partition coefficient (Wildman–Crippen LogP) is 2.45. The third-order valence-corrected chi connectivity index (χ3v) is 5.29. The van der Waals surface area contributed by atoms with Gasteiger partial charge < -0.3 is 9.47 Å². The Morgan fingerprint density at radius 2 is 2.16 bits per heavy atom. The predicted molar refractivity (Wildman–Crippen MR) is 94.9 cm³/mol. The summed E-state index contributed by atoms with van der Waals surface area (Å²) in [4.78, 5) is 11.5. The molecule has 2 aromatic heterocycles. The van der Waals surface area contributed by atoms with E-state index in [0.717, 1.165) is 56.5 Å². The Hall–Kier alpha value is -1.82. The summed E-state index contributed by atoms with van der Waals surface area (Å²) in [7, 11) is 0. The average molecular weight is 339 g/mol. The molecule has 2 fully saturated rings. The molecule has 5 heteroatoms. The summed E-state index contributed by atoms with van der Waals surface area (Å²) in [5.74, 6) is 0.543. The van der Waals surface area contributed by atoms with Crippen LogP contribution in [0.3, 0.4) is 0 Å². The molecule has 0 saturated carbocycles. The van der Waals surface area contributed by atoms with Crippen molar-refractivity contribution in [2.24, 2.45) is 11.3 Å². The molecule has 0 radical (unpaired) electrons. The second kappa shape index (κ2) is 7.20. The minimum atomic E-state index is 0.110. The quantitative estimate of drug-likeness (QED) is 0.809. The number of aryl methyl sites for hydroxylation is 1. The van der Waals surface area contributed by atoms with Crippen molar-refractivity contribution in [3.05, 3.63) is 59.7 Å². The van der Waals surface area contributed by atoms with Gasteiger partial charge in [-0.1, -0.05) is 12.1 Å². The summed E-state index contributed by atoms with van der Waals surface area (Å²) in [6, 6.07) is 12.2. The van der Waals surface area contributed by atoms with Gasteiger partial charge in [-0.2, -0.15) is 0 Å². The van der Waals surface area contributed by atoms with Gasteiger partial charge >= 0.3 is 0 Å². The molecule has 2 aliphatic heterocycles. The normalized spacial score (nSPS) is 26.0. The first-order valence-corrected chi connectivity index (χ1v) is 8.94. The monoisotopic (exact) mass is 339 g/mol. The van der Waals surface area contributed by atoms with Crippen LogP contribution in [0.5, 0.6) is 0 Å². The van der Waals surface area contributed by atoms with Crippen LogP contribution in [0.2, 0.25) is 0 Å². The van der Waals surface area contributed by atoms with E-state index in [9.17, 15) is 0 Å². The van der Waals surface area contributed by atoms with Crippen molar-refractivity contribution in [3.63, 3.8) is 0 Å². The number of nitrogens with zero attached hydrogens (tertiary/aromatic N) is 3. The zero-order valence-electron chi connectivity index (χ0n) is 14.7. The van der Waals surface area contributed by atoms with E-state index in [0.29, 0.717) is 12.5 Å². The number of pyridine rings is 2. The highest BCUT2D eigenvalue weighted by Gasteiger charge is 2.50. The molecule has 0 spiro atoms. The van der Waals surface area contributed by atoms with Crippen molar-refractivity contribution in [2.75, 3.05) is 32.9 Å². The number of rotatable bonds is 6. The summed E-state index contributed by atoms with van der Waals surface area (Å²) in [5.41, 5.74) is 3.31. The number of ether oxygens (including phenoxy) is 2. The lowest BCUT2D eigenvalue weighted by molar-refractivity contribution is 0.0170. The van der Waals surface area contributed by atoms with E-state index >= 15 is 0 Å². The second-order valence-electron chi connectivity index (χ2n) is 7.33. The lowest BCUT2D eigenvalue weighted by Gasteiger charge is -2.27. The standard InChI is InChI=1S/C20H25N3O2/c1-16-5-4-7-18(22-16)10-23-9-17-11-24-14-20(17,13-23)15-25-12-19-6-2-3-8-21-19/h2-8,17H,9-15H2,1H3/t17-,20+/m1/s1. The Morgan fingerprint density at radius 1 is 1.24 bits per heavy atom. The third kappa shape index (κ3) is 3.73. The van der Waals surface area contributed by atoms with Crippen LogP contribution < -0.4 is 0 Å². The fourth-order valence-corrected chi connectivity index (χ4v) is 4.03. The van der Waals surface area contributed by atoms with Crippen LogP contribution in [0, 0.1) is 18.3 Å². The Bertz CT molecular complexity index is 709. The lowest BCUT2D eigenvalue weighted by Crippen LogP contribution is -2.35. The van der Waals surface area contributed by atoms with Gasteiger partial charge in [0.15, 0.2) is 0 Å². The van der Waals surface area contributed by atoms with Crippen LogP contribution >= 0.6 is 0 Å². The van der Waals surface area contributed by atoms with E-state index in [1.807, 2.05) is 37.4 Å². The van der Waals surface area contributed by atoms with Gasteiger partial charge in [0.2, 0.25) is 0 Å². The molecular weight excluding hydrogens is 314 g/mol. The summed E-state index contributed by atoms with van der Waals surface area (Å²) < 4.78 is 11.8. The maximum absolute atomic E-state index is 6.04. The average Bonchev–Trinajstić information content (AvgIpc) is 3.12. The van der Waals surface area contributed by atoms with Crippen LogP contribution in [0.1, 0.15) is 17.1 Å². The molecule has 132 valence electrons. The first-order valence-electron chi connectivity index (χ1n) is 8.94. The van der Waals surface area contributed by atoms with E-state index in [1.54, 1.807) is 0 Å². The van der Waals surface area contributed by atoms with E-state index in [4.69, 9.17) is 9.47 Å². The Kier molecular flexibility index (Phi) is 4.79. The van der Waals surface area contributed by atoms with Crippen LogP contribution in [-0.4, -0.2) is 47.8 Å². The zero-order valence-corrected chi connectivity index (χ0v) is 14.7. The maximum atomic E-state index is 6.04. The Morgan fingerprint density at radius 3 is 3.00 bits per heavy atom. The molecule has 5 nitrogen and oxygen atoms in total. The highest BCUT2D eigenvalue weighted by Crippen LogP contribution is 2.42. The van der Waals surface area contributed by atoms with Gasteiger partial charge in [0.25, 0.3) is 0 Å². The molecule has 0 aliphatic carbocycles. The molecule has 25 heavy (non-hydrogen) atoms. The van der Waals surface area contributed by atoms with Crippen molar-refractivity contribution < 1.29 is 9.47 Å². The Labute approximate surface area is 149 Å². The summed E-state index contributed by atoms with van der Waals surface area (Å²) in [6.45, 7) is 7.93. The van der Waals surface area contributed by atoms with Gasteiger partial charge in [0, 0.05) is 42.9 Å². The molecule has 2 atom stereocenters. The van der Waals surface area contributed by atoms with Crippen molar-refractivity contribution in [1.29, 1.82) is 0 Å². The molecule has 0 aromatic carbocycles. The molecule has 4 rings (SSSR count). The van der Waals surface area contributed by atoms with Gasteiger partial charge in [-0.15, -0.1) is 0 Å². The molecule has 0 unspecified atom stereocenters. The molecule has 0 bridgehead atoms. The van der Waals surface area contributed by atoms with Gasteiger partial charge in [0.05, 0.1) is 37.8 Å². The molecule has 2 aromatic rings. The van der Waals surface area contributed by atoms with Gasteiger partial charge in [0.1, 0.15) is 0 Å². The number of hydrogen-bond acceptors (Lipinski definition) is 5. The SMILES string of the molecule is Cc1cccc(CN2C[C@@H]3COC[C@]3(COCc3ccccn3)C2)n1. The number of likely N-dealkylation sites (tertiary alicyclic amines) is 1. The highest BCUT2D eigenvalue weighted by molar-refractivity contribution is 5.11. The van der Waals surface area contributed by atoms with Crippen molar-refractivity contribution in [1.82, 2.24) is 14.9 Å². The highest BCUT2D eigenvalue weighted by atomic mass is 16.5. The van der Waals surface area contributed by atoms with Crippen molar-refractivity contribution in [3.8, 4) is 0 Å². The largest absolute Gasteiger partial charge is 0.380 e. The van der Waals surface area contributed by atoms with Gasteiger partial charge in [-0.25, -0.2) is 0 Å². The number of hydrogen-bond donors (Lipinski definition) is 0. The van der Waals surface area contributed by atoms with Crippen molar-refractivity contribution in [2.45, 2.75) is 20.1 Å². The lowest BCUT2D eigenvalue weighted by atomic mass is 9.82. The van der Waals surface area contributed by atoms with Gasteiger partial charge in [-0.05, 0) is 31.2 Å². The third-order valence-electron chi connectivity index (χ3n) is 5.29. The van der Waals surface area contributed by atoms with Crippen LogP contribution in [-0.2, 0) is 22.6 Å². The van der Waals surface area contributed by atoms with Crippen molar-refractivity contribution >= 4 is 0 Å². The smallest absolute Gasteiger partial charge is 0.0888 e. The molecular formula is C20H25N3O2. The van der Waals surface area contributed by atoms with Gasteiger partial charge in [-0.3, -0.25) is 14.9 Å². The Balaban J connectivity index is 1.37. The van der Waals surface area contributed by atoms with E-state index in [2.05, 4.69) is 27.0 Å².